The van der Waals surface area contributed by atoms with E-state index in [1.807, 2.05) is 19.1 Å². The summed E-state index contributed by atoms with van der Waals surface area (Å²) in [7, 11) is 0. The van der Waals surface area contributed by atoms with Gasteiger partial charge in [0.1, 0.15) is 0 Å². The van der Waals surface area contributed by atoms with Crippen molar-refractivity contribution in [3.63, 3.8) is 0 Å². The molecule has 1 N–H and O–H groups in total. The lowest BCUT2D eigenvalue weighted by atomic mass is 10.2. The van der Waals surface area contributed by atoms with E-state index >= 15 is 0 Å². The summed E-state index contributed by atoms with van der Waals surface area (Å²) in [6.07, 6.45) is -1.03. The monoisotopic (exact) mass is 229 g/mol. The molecule has 0 saturated heterocycles. The van der Waals surface area contributed by atoms with E-state index in [0.29, 0.717) is 5.69 Å². The van der Waals surface area contributed by atoms with Crippen molar-refractivity contribution in [1.29, 1.82) is 0 Å². The molecule has 0 fully saturated rings. The third-order valence-electron chi connectivity index (χ3n) is 1.40. The molecule has 0 bridgehead atoms. The number of rotatable bonds is 1. The smallest absolute Gasteiger partial charge is 0.422 e. The summed E-state index contributed by atoms with van der Waals surface area (Å²) in [6.45, 7) is 1.91. The summed E-state index contributed by atoms with van der Waals surface area (Å²) < 4.78 is 1.00. The summed E-state index contributed by atoms with van der Waals surface area (Å²) in [5.74, 6) is 0. The Balaban J connectivity index is 2.95. The maximum atomic E-state index is 10.5. The molecule has 0 aliphatic carbocycles. The zero-order chi connectivity index (χ0) is 9.14. The second-order valence-electron chi connectivity index (χ2n) is 2.40. The summed E-state index contributed by atoms with van der Waals surface area (Å²) in [5, 5.41) is 8.61. The summed E-state index contributed by atoms with van der Waals surface area (Å²) in [4.78, 5) is 10.5. The highest BCUT2D eigenvalue weighted by atomic mass is 79.9. The number of hydrogen-bond acceptors (Lipinski definition) is 1. The van der Waals surface area contributed by atoms with E-state index in [0.717, 1.165) is 9.49 Å². The average Bonchev–Trinajstić information content (AvgIpc) is 2.03. The molecule has 0 radical (unpaired) electrons. The van der Waals surface area contributed by atoms with Gasteiger partial charge in [-0.05, 0) is 24.6 Å². The summed E-state index contributed by atoms with van der Waals surface area (Å²) >= 11 is 2.92. The van der Waals surface area contributed by atoms with Crippen molar-refractivity contribution in [3.05, 3.63) is 29.8 Å². The van der Waals surface area contributed by atoms with Gasteiger partial charge in [-0.2, -0.15) is 0 Å². The van der Waals surface area contributed by atoms with Crippen LogP contribution in [0, 0.1) is 6.92 Å². The van der Waals surface area contributed by atoms with Crippen LogP contribution in [0.4, 0.5) is 10.5 Å². The molecule has 0 spiro atoms. The second-order valence-corrected chi connectivity index (χ2v) is 3.11. The minimum Gasteiger partial charge on any atom is -0.464 e. The molecular formula is C8H8BrNO2. The van der Waals surface area contributed by atoms with Gasteiger partial charge in [-0.25, -0.2) is 8.72 Å². The highest BCUT2D eigenvalue weighted by Crippen LogP contribution is 2.18. The van der Waals surface area contributed by atoms with E-state index in [9.17, 15) is 4.79 Å². The van der Waals surface area contributed by atoms with Gasteiger partial charge in [-0.1, -0.05) is 12.1 Å². The molecule has 0 unspecified atom stereocenters. The van der Waals surface area contributed by atoms with Crippen LogP contribution in [0.25, 0.3) is 0 Å². The minimum absolute atomic E-state index is 0.613. The maximum Gasteiger partial charge on any atom is 0.422 e. The number of aryl methyl sites for hydroxylation is 1. The number of halogens is 1. The Morgan fingerprint density at radius 1 is 1.58 bits per heavy atom. The van der Waals surface area contributed by atoms with Crippen LogP contribution in [0.15, 0.2) is 24.3 Å². The van der Waals surface area contributed by atoms with E-state index in [4.69, 9.17) is 5.11 Å². The molecule has 1 amide bonds. The minimum atomic E-state index is -1.03. The predicted molar refractivity (Wildman–Crippen MR) is 50.6 cm³/mol. The lowest BCUT2D eigenvalue weighted by Crippen LogP contribution is -2.16. The first-order valence-corrected chi connectivity index (χ1v) is 4.07. The molecule has 0 aromatic heterocycles. The first-order valence-electron chi connectivity index (χ1n) is 3.37. The molecule has 1 aromatic carbocycles. The van der Waals surface area contributed by atoms with Crippen molar-refractivity contribution in [3.8, 4) is 0 Å². The summed E-state index contributed by atoms with van der Waals surface area (Å²) in [5.41, 5.74) is 1.64. The van der Waals surface area contributed by atoms with Crippen LogP contribution in [0.2, 0.25) is 0 Å². The van der Waals surface area contributed by atoms with Crippen LogP contribution in [0.5, 0.6) is 0 Å². The van der Waals surface area contributed by atoms with Gasteiger partial charge >= 0.3 is 6.09 Å². The van der Waals surface area contributed by atoms with Gasteiger partial charge in [0.05, 0.1) is 21.8 Å². The molecule has 0 heterocycles. The van der Waals surface area contributed by atoms with E-state index in [1.54, 1.807) is 12.1 Å². The standard InChI is InChI=1S/C8H8BrNO2/c1-6-3-2-4-7(5-6)10(9)8(11)12/h2-5H,1H3,(H,11,12). The Kier molecular flexibility index (Phi) is 2.70. The Morgan fingerprint density at radius 2 is 2.25 bits per heavy atom. The van der Waals surface area contributed by atoms with Crippen molar-refractivity contribution >= 4 is 27.9 Å². The van der Waals surface area contributed by atoms with E-state index in [1.165, 1.54) is 0 Å². The van der Waals surface area contributed by atoms with Crippen LogP contribution in [-0.4, -0.2) is 11.2 Å². The molecule has 4 heteroatoms. The van der Waals surface area contributed by atoms with Crippen LogP contribution in [-0.2, 0) is 0 Å². The van der Waals surface area contributed by atoms with E-state index in [-0.39, 0.29) is 0 Å². The molecule has 1 rings (SSSR count). The zero-order valence-corrected chi connectivity index (χ0v) is 8.08. The quantitative estimate of drug-likeness (QED) is 0.753. The fourth-order valence-electron chi connectivity index (χ4n) is 0.861. The van der Waals surface area contributed by atoms with Gasteiger partial charge in [-0.3, -0.25) is 0 Å². The molecule has 0 saturated carbocycles. The Bertz CT molecular complexity index is 301. The molecular weight excluding hydrogens is 222 g/mol. The van der Waals surface area contributed by atoms with Crippen molar-refractivity contribution in [2.24, 2.45) is 0 Å². The maximum absolute atomic E-state index is 10.5. The molecule has 0 aliphatic rings. The van der Waals surface area contributed by atoms with Gasteiger partial charge in [0, 0.05) is 0 Å². The first kappa shape index (κ1) is 9.06. The average molecular weight is 230 g/mol. The third-order valence-corrected chi connectivity index (χ3v) is 2.11. The second kappa shape index (κ2) is 3.58. The number of anilines is 1. The normalized spacial score (nSPS) is 9.50. The van der Waals surface area contributed by atoms with Crippen molar-refractivity contribution in [2.75, 3.05) is 3.93 Å². The van der Waals surface area contributed by atoms with Crippen LogP contribution in [0.3, 0.4) is 0 Å². The lowest BCUT2D eigenvalue weighted by molar-refractivity contribution is 0.207. The Morgan fingerprint density at radius 3 is 2.75 bits per heavy atom. The molecule has 64 valence electrons. The highest BCUT2D eigenvalue weighted by Gasteiger charge is 2.09. The molecule has 0 atom stereocenters. The molecule has 1 aromatic rings. The van der Waals surface area contributed by atoms with Gasteiger partial charge in [0.2, 0.25) is 0 Å². The number of carbonyl (C=O) groups is 1. The summed E-state index contributed by atoms with van der Waals surface area (Å²) in [6, 6.07) is 7.22. The number of hydrogen-bond donors (Lipinski definition) is 1. The predicted octanol–water partition coefficient (Wildman–Crippen LogP) is 2.79. The molecule has 12 heavy (non-hydrogen) atoms. The van der Waals surface area contributed by atoms with Gasteiger partial charge in [-0.15, -0.1) is 0 Å². The number of carboxylic acid groups (broad SMARTS) is 1. The fourth-order valence-corrected chi connectivity index (χ4v) is 1.08. The van der Waals surface area contributed by atoms with Gasteiger partial charge < -0.3 is 5.11 Å². The topological polar surface area (TPSA) is 40.5 Å². The fraction of sp³-hybridized carbons (Fsp3) is 0.125. The lowest BCUT2D eigenvalue weighted by Gasteiger charge is -2.09. The van der Waals surface area contributed by atoms with Gasteiger partial charge in [0.25, 0.3) is 0 Å². The van der Waals surface area contributed by atoms with Crippen LogP contribution >= 0.6 is 16.1 Å². The van der Waals surface area contributed by atoms with E-state index in [2.05, 4.69) is 16.1 Å². The Hall–Kier alpha value is -1.03. The first-order chi connectivity index (χ1) is 5.61. The number of nitrogens with zero attached hydrogens (tertiary/aromatic N) is 1. The SMILES string of the molecule is Cc1cccc(N(Br)C(=O)O)c1. The zero-order valence-electron chi connectivity index (χ0n) is 6.49. The molecule has 0 aliphatic heterocycles. The van der Waals surface area contributed by atoms with Crippen LogP contribution in [0.1, 0.15) is 5.56 Å². The van der Waals surface area contributed by atoms with Crippen molar-refractivity contribution < 1.29 is 9.90 Å². The largest absolute Gasteiger partial charge is 0.464 e. The highest BCUT2D eigenvalue weighted by molar-refractivity contribution is 9.10. The van der Waals surface area contributed by atoms with Crippen LogP contribution < -0.4 is 3.93 Å². The third kappa shape index (κ3) is 1.98. The van der Waals surface area contributed by atoms with Crippen molar-refractivity contribution in [2.45, 2.75) is 6.92 Å². The van der Waals surface area contributed by atoms with Crippen molar-refractivity contribution in [1.82, 2.24) is 0 Å². The Labute approximate surface area is 79.0 Å². The van der Waals surface area contributed by atoms with Gasteiger partial charge in [0.15, 0.2) is 0 Å². The number of benzene rings is 1. The van der Waals surface area contributed by atoms with E-state index < -0.39 is 6.09 Å². The molecule has 3 nitrogen and oxygen atoms in total. The number of amides is 1.